The van der Waals surface area contributed by atoms with Crippen molar-refractivity contribution >= 4 is 5.69 Å². The maximum absolute atomic E-state index is 5.76. The van der Waals surface area contributed by atoms with E-state index in [9.17, 15) is 0 Å². The fourth-order valence-electron chi connectivity index (χ4n) is 1.43. The molecule has 3 N–H and O–H groups in total. The summed E-state index contributed by atoms with van der Waals surface area (Å²) in [7, 11) is 0. The van der Waals surface area contributed by atoms with Crippen LogP contribution in [-0.4, -0.2) is 11.0 Å². The zero-order valence-electron chi connectivity index (χ0n) is 7.83. The number of anilines is 1. The van der Waals surface area contributed by atoms with E-state index in [2.05, 4.69) is 17.2 Å². The molecule has 0 aliphatic heterocycles. The fraction of sp³-hybridized carbons (Fsp3) is 0.500. The summed E-state index contributed by atoms with van der Waals surface area (Å²) in [6, 6.07) is 4.43. The highest BCUT2D eigenvalue weighted by Crippen LogP contribution is 2.29. The van der Waals surface area contributed by atoms with Gasteiger partial charge >= 0.3 is 0 Å². The first kappa shape index (κ1) is 8.51. The topological polar surface area (TPSA) is 50.9 Å². The lowest BCUT2D eigenvalue weighted by Crippen LogP contribution is -2.18. The number of hydrogen-bond acceptors (Lipinski definition) is 3. The SMILES string of the molecule is CC1CC1NCc1ncccc1N. The summed E-state index contributed by atoms with van der Waals surface area (Å²) >= 11 is 0. The van der Waals surface area contributed by atoms with Gasteiger partial charge in [0.25, 0.3) is 0 Å². The largest absolute Gasteiger partial charge is 0.397 e. The smallest absolute Gasteiger partial charge is 0.0770 e. The van der Waals surface area contributed by atoms with Crippen LogP contribution < -0.4 is 11.1 Å². The molecule has 3 heteroatoms. The highest BCUT2D eigenvalue weighted by atomic mass is 15.0. The summed E-state index contributed by atoms with van der Waals surface area (Å²) in [5.74, 6) is 0.824. The summed E-state index contributed by atoms with van der Waals surface area (Å²) in [5.41, 5.74) is 7.50. The molecule has 3 nitrogen and oxygen atoms in total. The second kappa shape index (κ2) is 3.34. The molecular formula is C10H15N3. The minimum Gasteiger partial charge on any atom is -0.397 e. The van der Waals surface area contributed by atoms with Crippen LogP contribution in [0.15, 0.2) is 18.3 Å². The number of hydrogen-bond donors (Lipinski definition) is 2. The zero-order valence-corrected chi connectivity index (χ0v) is 7.83. The molecule has 0 aromatic carbocycles. The predicted octanol–water partition coefficient (Wildman–Crippen LogP) is 1.16. The van der Waals surface area contributed by atoms with Crippen molar-refractivity contribution in [3.63, 3.8) is 0 Å². The Labute approximate surface area is 78.4 Å². The third-order valence-corrected chi connectivity index (χ3v) is 2.57. The molecule has 70 valence electrons. The van der Waals surface area contributed by atoms with E-state index in [1.165, 1.54) is 6.42 Å². The molecule has 1 aliphatic rings. The molecule has 2 atom stereocenters. The van der Waals surface area contributed by atoms with Gasteiger partial charge in [-0.2, -0.15) is 0 Å². The quantitative estimate of drug-likeness (QED) is 0.728. The van der Waals surface area contributed by atoms with Gasteiger partial charge in [0.05, 0.1) is 11.4 Å². The van der Waals surface area contributed by atoms with E-state index >= 15 is 0 Å². The van der Waals surface area contributed by atoms with E-state index in [-0.39, 0.29) is 0 Å². The number of pyridine rings is 1. The number of nitrogen functional groups attached to an aromatic ring is 1. The van der Waals surface area contributed by atoms with Crippen LogP contribution in [0.3, 0.4) is 0 Å². The van der Waals surface area contributed by atoms with Crippen molar-refractivity contribution in [3.8, 4) is 0 Å². The maximum Gasteiger partial charge on any atom is 0.0770 e. The van der Waals surface area contributed by atoms with Crippen LogP contribution in [0.5, 0.6) is 0 Å². The number of rotatable bonds is 3. The number of aromatic nitrogens is 1. The third-order valence-electron chi connectivity index (χ3n) is 2.57. The first-order valence-electron chi connectivity index (χ1n) is 4.70. The Balaban J connectivity index is 1.90. The van der Waals surface area contributed by atoms with Crippen molar-refractivity contribution in [2.24, 2.45) is 5.92 Å². The van der Waals surface area contributed by atoms with Gasteiger partial charge < -0.3 is 11.1 Å². The first-order valence-corrected chi connectivity index (χ1v) is 4.70. The molecule has 1 saturated carbocycles. The molecule has 0 amide bonds. The van der Waals surface area contributed by atoms with Crippen molar-refractivity contribution in [3.05, 3.63) is 24.0 Å². The number of nitrogens with one attached hydrogen (secondary N) is 1. The Morgan fingerprint density at radius 3 is 3.08 bits per heavy atom. The molecule has 0 radical (unpaired) electrons. The number of nitrogens with two attached hydrogens (primary N) is 1. The Kier molecular flexibility index (Phi) is 2.19. The van der Waals surface area contributed by atoms with Gasteiger partial charge in [-0.15, -0.1) is 0 Å². The molecule has 2 unspecified atom stereocenters. The second-order valence-electron chi connectivity index (χ2n) is 3.74. The van der Waals surface area contributed by atoms with E-state index in [0.717, 1.165) is 23.8 Å². The average Bonchev–Trinajstić information content (AvgIpc) is 2.81. The van der Waals surface area contributed by atoms with Crippen molar-refractivity contribution in [2.45, 2.75) is 25.9 Å². The van der Waals surface area contributed by atoms with Gasteiger partial charge in [0.1, 0.15) is 0 Å². The van der Waals surface area contributed by atoms with Gasteiger partial charge in [0, 0.05) is 18.8 Å². The van der Waals surface area contributed by atoms with Gasteiger partial charge in [-0.3, -0.25) is 4.98 Å². The van der Waals surface area contributed by atoms with Crippen molar-refractivity contribution in [2.75, 3.05) is 5.73 Å². The number of nitrogens with zero attached hydrogens (tertiary/aromatic N) is 1. The summed E-state index contributed by atoms with van der Waals surface area (Å²) < 4.78 is 0. The minimum absolute atomic E-state index is 0.682. The van der Waals surface area contributed by atoms with Crippen molar-refractivity contribution in [1.29, 1.82) is 0 Å². The summed E-state index contributed by atoms with van der Waals surface area (Å²) in [4.78, 5) is 4.22. The van der Waals surface area contributed by atoms with E-state index < -0.39 is 0 Å². The van der Waals surface area contributed by atoms with E-state index in [0.29, 0.717) is 6.04 Å². The van der Waals surface area contributed by atoms with Crippen molar-refractivity contribution in [1.82, 2.24) is 10.3 Å². The van der Waals surface area contributed by atoms with Crippen LogP contribution in [0.25, 0.3) is 0 Å². The van der Waals surface area contributed by atoms with E-state index in [4.69, 9.17) is 5.73 Å². The standard InChI is InChI=1S/C10H15N3/c1-7-5-9(7)13-6-10-8(11)3-2-4-12-10/h2-4,7,9,13H,5-6,11H2,1H3. The molecule has 0 saturated heterocycles. The molecule has 0 spiro atoms. The van der Waals surface area contributed by atoms with Crippen LogP contribution in [-0.2, 0) is 6.54 Å². The second-order valence-corrected chi connectivity index (χ2v) is 3.74. The van der Waals surface area contributed by atoms with Gasteiger partial charge in [-0.1, -0.05) is 6.92 Å². The maximum atomic E-state index is 5.76. The van der Waals surface area contributed by atoms with Gasteiger partial charge in [-0.25, -0.2) is 0 Å². The molecule has 2 rings (SSSR count). The van der Waals surface area contributed by atoms with Crippen LogP contribution in [0.2, 0.25) is 0 Å². The Morgan fingerprint density at radius 2 is 2.46 bits per heavy atom. The van der Waals surface area contributed by atoms with Crippen LogP contribution in [0.4, 0.5) is 5.69 Å². The Morgan fingerprint density at radius 1 is 1.69 bits per heavy atom. The van der Waals surface area contributed by atoms with Crippen LogP contribution >= 0.6 is 0 Å². The summed E-state index contributed by atoms with van der Waals surface area (Å²) in [6.07, 6.45) is 3.07. The molecule has 1 aliphatic carbocycles. The van der Waals surface area contributed by atoms with Crippen LogP contribution in [0, 0.1) is 5.92 Å². The molecular weight excluding hydrogens is 162 g/mol. The molecule has 1 heterocycles. The van der Waals surface area contributed by atoms with Crippen LogP contribution in [0.1, 0.15) is 19.0 Å². The fourth-order valence-corrected chi connectivity index (χ4v) is 1.43. The first-order chi connectivity index (χ1) is 6.27. The Bertz CT molecular complexity index is 298. The monoisotopic (exact) mass is 177 g/mol. The third kappa shape index (κ3) is 1.98. The molecule has 0 bridgehead atoms. The predicted molar refractivity (Wildman–Crippen MR) is 53.1 cm³/mol. The van der Waals surface area contributed by atoms with E-state index in [1.54, 1.807) is 6.20 Å². The summed E-state index contributed by atoms with van der Waals surface area (Å²) in [5, 5.41) is 3.42. The van der Waals surface area contributed by atoms with E-state index in [1.807, 2.05) is 12.1 Å². The molecule has 1 fully saturated rings. The van der Waals surface area contributed by atoms with Gasteiger partial charge in [-0.05, 0) is 24.5 Å². The Hall–Kier alpha value is -1.09. The lowest BCUT2D eigenvalue weighted by molar-refractivity contribution is 0.643. The lowest BCUT2D eigenvalue weighted by atomic mass is 10.3. The highest BCUT2D eigenvalue weighted by Gasteiger charge is 2.31. The average molecular weight is 177 g/mol. The van der Waals surface area contributed by atoms with Gasteiger partial charge in [0.15, 0.2) is 0 Å². The highest BCUT2D eigenvalue weighted by molar-refractivity contribution is 5.41. The molecule has 1 aromatic rings. The molecule has 1 aromatic heterocycles. The van der Waals surface area contributed by atoms with Crippen molar-refractivity contribution < 1.29 is 0 Å². The normalized spacial score (nSPS) is 25.9. The molecule has 13 heavy (non-hydrogen) atoms. The zero-order chi connectivity index (χ0) is 9.26. The summed E-state index contributed by atoms with van der Waals surface area (Å²) in [6.45, 7) is 3.04. The lowest BCUT2D eigenvalue weighted by Gasteiger charge is -2.04. The van der Waals surface area contributed by atoms with Gasteiger partial charge in [0.2, 0.25) is 0 Å². The minimum atomic E-state index is 0.682.